The first-order chi connectivity index (χ1) is 12.6. The van der Waals surface area contributed by atoms with Crippen molar-refractivity contribution in [1.29, 1.82) is 0 Å². The number of dihydropyridines is 1. The van der Waals surface area contributed by atoms with Crippen LogP contribution in [0.2, 0.25) is 5.15 Å². The molecule has 0 radical (unpaired) electrons. The van der Waals surface area contributed by atoms with Crippen LogP contribution >= 0.6 is 23.2 Å². The summed E-state index contributed by atoms with van der Waals surface area (Å²) < 4.78 is 5.62. The van der Waals surface area contributed by atoms with Gasteiger partial charge in [0.1, 0.15) is 16.6 Å². The summed E-state index contributed by atoms with van der Waals surface area (Å²) >= 11 is 12.5. The largest absolute Gasteiger partial charge is 0.439 e. The van der Waals surface area contributed by atoms with Gasteiger partial charge in [-0.2, -0.15) is 0 Å². The van der Waals surface area contributed by atoms with Crippen molar-refractivity contribution in [2.45, 2.75) is 0 Å². The molecular formula is C19H11Cl2N3O2. The summed E-state index contributed by atoms with van der Waals surface area (Å²) in [5.74, 6) is 0.533. The fourth-order valence-electron chi connectivity index (χ4n) is 2.60. The molecule has 5 nitrogen and oxygen atoms in total. The molecule has 2 aromatic rings. The van der Waals surface area contributed by atoms with Crippen LogP contribution in [0.3, 0.4) is 0 Å². The molecule has 0 bridgehead atoms. The van der Waals surface area contributed by atoms with Gasteiger partial charge in [-0.25, -0.2) is 4.98 Å². The van der Waals surface area contributed by atoms with E-state index < -0.39 is 0 Å². The summed E-state index contributed by atoms with van der Waals surface area (Å²) in [6.45, 7) is 0.305. The van der Waals surface area contributed by atoms with E-state index in [1.165, 1.54) is 0 Å². The minimum atomic E-state index is -0.384. The number of aromatic nitrogens is 1. The third-order valence-corrected chi connectivity index (χ3v) is 4.53. The maximum atomic E-state index is 12.8. The minimum Gasteiger partial charge on any atom is -0.439 e. The van der Waals surface area contributed by atoms with Crippen molar-refractivity contribution in [2.24, 2.45) is 9.98 Å². The second kappa shape index (κ2) is 6.86. The van der Waals surface area contributed by atoms with Gasteiger partial charge in [0.15, 0.2) is 0 Å². The van der Waals surface area contributed by atoms with Crippen LogP contribution in [-0.4, -0.2) is 28.7 Å². The SMILES string of the molecule is O=C(C1=NCC2=NC=CC2=C1Cl)c1ccc(Oc2ccccc2)nc1Cl. The lowest BCUT2D eigenvalue weighted by atomic mass is 10.0. The molecule has 0 saturated carbocycles. The number of ether oxygens (including phenoxy) is 1. The summed E-state index contributed by atoms with van der Waals surface area (Å²) in [4.78, 5) is 25.4. The summed E-state index contributed by atoms with van der Waals surface area (Å²) in [5.41, 5.74) is 1.85. The first kappa shape index (κ1) is 16.7. The fourth-order valence-corrected chi connectivity index (χ4v) is 3.15. The van der Waals surface area contributed by atoms with E-state index >= 15 is 0 Å². The van der Waals surface area contributed by atoms with Gasteiger partial charge in [0.25, 0.3) is 0 Å². The van der Waals surface area contributed by atoms with Gasteiger partial charge < -0.3 is 4.74 Å². The Morgan fingerprint density at radius 3 is 2.65 bits per heavy atom. The van der Waals surface area contributed by atoms with Crippen molar-refractivity contribution in [3.63, 3.8) is 0 Å². The third-order valence-electron chi connectivity index (χ3n) is 3.86. The Morgan fingerprint density at radius 2 is 1.88 bits per heavy atom. The molecule has 7 heteroatoms. The lowest BCUT2D eigenvalue weighted by Crippen LogP contribution is -2.24. The van der Waals surface area contributed by atoms with Gasteiger partial charge in [-0.15, -0.1) is 0 Å². The van der Waals surface area contributed by atoms with E-state index in [1.807, 2.05) is 18.2 Å². The Bertz CT molecular complexity index is 1020. The smallest absolute Gasteiger partial charge is 0.220 e. The monoisotopic (exact) mass is 383 g/mol. The van der Waals surface area contributed by atoms with Crippen LogP contribution in [0.1, 0.15) is 10.4 Å². The Hall–Kier alpha value is -2.76. The van der Waals surface area contributed by atoms with Crippen LogP contribution in [0, 0.1) is 0 Å². The van der Waals surface area contributed by atoms with Crippen LogP contribution in [0.4, 0.5) is 0 Å². The lowest BCUT2D eigenvalue weighted by Gasteiger charge is -2.14. The highest BCUT2D eigenvalue weighted by atomic mass is 35.5. The number of Topliss-reactive ketones (excluding diaryl/α,β-unsaturated/α-hetero) is 1. The predicted molar refractivity (Wildman–Crippen MR) is 102 cm³/mol. The van der Waals surface area contributed by atoms with Gasteiger partial charge in [0.05, 0.1) is 22.9 Å². The average Bonchev–Trinajstić information content (AvgIpc) is 3.12. The second-order valence-corrected chi connectivity index (χ2v) is 6.25. The highest BCUT2D eigenvalue weighted by molar-refractivity contribution is 6.65. The molecule has 4 rings (SSSR count). The average molecular weight is 384 g/mol. The van der Waals surface area contributed by atoms with Crippen molar-refractivity contribution < 1.29 is 9.53 Å². The van der Waals surface area contributed by atoms with Gasteiger partial charge in [-0.3, -0.25) is 14.8 Å². The second-order valence-electron chi connectivity index (χ2n) is 5.52. The molecule has 2 aliphatic rings. The molecule has 1 aromatic heterocycles. The van der Waals surface area contributed by atoms with Crippen LogP contribution in [0.15, 0.2) is 75.3 Å². The highest BCUT2D eigenvalue weighted by Gasteiger charge is 2.28. The van der Waals surface area contributed by atoms with E-state index in [-0.39, 0.29) is 27.2 Å². The summed E-state index contributed by atoms with van der Waals surface area (Å²) in [6, 6.07) is 12.3. The number of para-hydroxylation sites is 1. The van der Waals surface area contributed by atoms with E-state index in [1.54, 1.807) is 36.5 Å². The third kappa shape index (κ3) is 3.07. The maximum Gasteiger partial charge on any atom is 0.220 e. The maximum absolute atomic E-state index is 12.8. The zero-order valence-corrected chi connectivity index (χ0v) is 14.8. The predicted octanol–water partition coefficient (Wildman–Crippen LogP) is 4.63. The van der Waals surface area contributed by atoms with Gasteiger partial charge in [-0.1, -0.05) is 41.4 Å². The lowest BCUT2D eigenvalue weighted by molar-refractivity contribution is 0.106. The van der Waals surface area contributed by atoms with Crippen molar-refractivity contribution in [1.82, 2.24) is 4.98 Å². The summed E-state index contributed by atoms with van der Waals surface area (Å²) in [5, 5.41) is 0.302. The number of hydrogen-bond acceptors (Lipinski definition) is 5. The van der Waals surface area contributed by atoms with Crippen molar-refractivity contribution >= 4 is 40.4 Å². The summed E-state index contributed by atoms with van der Waals surface area (Å²) in [6.07, 6.45) is 3.40. The number of nitrogens with zero attached hydrogens (tertiary/aromatic N) is 3. The molecule has 0 saturated heterocycles. The molecule has 0 spiro atoms. The molecule has 0 amide bonds. The van der Waals surface area contributed by atoms with E-state index in [4.69, 9.17) is 27.9 Å². The van der Waals surface area contributed by atoms with Crippen molar-refractivity contribution in [3.05, 3.63) is 76.1 Å². The Morgan fingerprint density at radius 1 is 1.08 bits per heavy atom. The molecule has 0 unspecified atom stereocenters. The molecule has 2 aliphatic heterocycles. The Labute approximate surface area is 159 Å². The Kier molecular flexibility index (Phi) is 4.41. The number of aliphatic imine (C=N–C) groups is 2. The van der Waals surface area contributed by atoms with Crippen molar-refractivity contribution in [3.8, 4) is 11.6 Å². The van der Waals surface area contributed by atoms with E-state index in [2.05, 4.69) is 15.0 Å². The molecular weight excluding hydrogens is 373 g/mol. The Balaban J connectivity index is 1.60. The van der Waals surface area contributed by atoms with Gasteiger partial charge in [-0.05, 0) is 24.3 Å². The van der Waals surface area contributed by atoms with Crippen LogP contribution in [0.25, 0.3) is 0 Å². The van der Waals surface area contributed by atoms with Crippen LogP contribution < -0.4 is 4.74 Å². The first-order valence-corrected chi connectivity index (χ1v) is 8.51. The van der Waals surface area contributed by atoms with Crippen molar-refractivity contribution in [2.75, 3.05) is 6.54 Å². The molecule has 0 N–H and O–H groups in total. The highest BCUT2D eigenvalue weighted by Crippen LogP contribution is 2.28. The number of rotatable bonds is 4. The number of pyridine rings is 1. The summed E-state index contributed by atoms with van der Waals surface area (Å²) in [7, 11) is 0. The number of halogens is 2. The number of hydrogen-bond donors (Lipinski definition) is 0. The number of benzene rings is 1. The number of fused-ring (bicyclic) bond motifs is 1. The fraction of sp³-hybridized carbons (Fsp3) is 0.0526. The zero-order chi connectivity index (χ0) is 18.1. The zero-order valence-electron chi connectivity index (χ0n) is 13.3. The number of ketones is 1. The standard InChI is InChI=1S/C19H11Cl2N3O2/c20-16-12-8-9-22-14(12)10-23-17(16)18(25)13-6-7-15(24-19(13)21)26-11-4-2-1-3-5-11/h1-9H,10H2. The number of carbonyl (C=O) groups excluding carboxylic acids is 1. The number of allylic oxidation sites excluding steroid dienone is 2. The normalized spacial score (nSPS) is 15.5. The molecule has 3 heterocycles. The molecule has 26 heavy (non-hydrogen) atoms. The molecule has 128 valence electrons. The number of carbonyl (C=O) groups is 1. The van der Waals surface area contributed by atoms with Gasteiger partial charge in [0, 0.05) is 17.8 Å². The molecule has 0 atom stereocenters. The van der Waals surface area contributed by atoms with E-state index in [0.717, 1.165) is 11.3 Å². The van der Waals surface area contributed by atoms with E-state index in [9.17, 15) is 4.79 Å². The van der Waals surface area contributed by atoms with Gasteiger partial charge >= 0.3 is 0 Å². The molecule has 0 aliphatic carbocycles. The van der Waals surface area contributed by atoms with Gasteiger partial charge in [0.2, 0.25) is 11.7 Å². The minimum absolute atomic E-state index is 0.0297. The van der Waals surface area contributed by atoms with Crippen LogP contribution in [0.5, 0.6) is 11.6 Å². The quantitative estimate of drug-likeness (QED) is 0.571. The topological polar surface area (TPSA) is 63.9 Å². The molecule has 0 fully saturated rings. The van der Waals surface area contributed by atoms with E-state index in [0.29, 0.717) is 18.2 Å². The first-order valence-electron chi connectivity index (χ1n) is 7.76. The van der Waals surface area contributed by atoms with Crippen LogP contribution in [-0.2, 0) is 0 Å². The molecule has 1 aromatic carbocycles.